The molecule has 3 rings (SSSR count). The van der Waals surface area contributed by atoms with Crippen molar-refractivity contribution in [3.8, 4) is 0 Å². The zero-order valence-electron chi connectivity index (χ0n) is 15.4. The lowest BCUT2D eigenvalue weighted by Gasteiger charge is -2.25. The second-order valence-electron chi connectivity index (χ2n) is 7.72. The molecule has 0 amide bonds. The maximum atomic E-state index is 10.5. The molecule has 5 heteroatoms. The summed E-state index contributed by atoms with van der Waals surface area (Å²) in [4.78, 5) is 10.5. The van der Waals surface area contributed by atoms with Crippen LogP contribution < -0.4 is 5.32 Å². The molecule has 0 aromatic heterocycles. The van der Waals surface area contributed by atoms with Crippen LogP contribution in [0.5, 0.6) is 0 Å². The minimum absolute atomic E-state index is 0.254. The molecule has 0 aromatic carbocycles. The normalized spacial score (nSPS) is 35.4. The molecule has 3 aliphatic heterocycles. The quantitative estimate of drug-likeness (QED) is 0.303. The summed E-state index contributed by atoms with van der Waals surface area (Å²) in [5.74, 6) is 0.369. The van der Waals surface area contributed by atoms with Gasteiger partial charge in [0.25, 0.3) is 0 Å². The summed E-state index contributed by atoms with van der Waals surface area (Å²) in [6.07, 6.45) is 13.6. The van der Waals surface area contributed by atoms with Gasteiger partial charge in [0.05, 0.1) is 12.2 Å². The minimum Gasteiger partial charge on any atom is -0.481 e. The fourth-order valence-corrected chi connectivity index (χ4v) is 4.44. The molecule has 142 valence electrons. The topological polar surface area (TPSA) is 71.1 Å². The number of aliphatic carboxylic acids is 1. The molecule has 3 saturated heterocycles. The van der Waals surface area contributed by atoms with Crippen molar-refractivity contribution in [3.05, 3.63) is 12.2 Å². The maximum Gasteiger partial charge on any atom is 0.303 e. The van der Waals surface area contributed by atoms with E-state index in [-0.39, 0.29) is 18.6 Å². The van der Waals surface area contributed by atoms with Gasteiger partial charge in [-0.2, -0.15) is 0 Å². The van der Waals surface area contributed by atoms with Gasteiger partial charge in [0, 0.05) is 18.9 Å². The molecule has 5 nitrogen and oxygen atoms in total. The third-order valence-corrected chi connectivity index (χ3v) is 5.84. The molecule has 0 spiro atoms. The summed E-state index contributed by atoms with van der Waals surface area (Å²) in [5, 5.41) is 12.3. The fourth-order valence-electron chi connectivity index (χ4n) is 4.44. The Morgan fingerprint density at radius 1 is 1.00 bits per heavy atom. The van der Waals surface area contributed by atoms with E-state index in [4.69, 9.17) is 14.6 Å². The van der Waals surface area contributed by atoms with Crippen LogP contribution in [-0.2, 0) is 14.3 Å². The number of unbranched alkanes of at least 4 members (excludes halogenated alkanes) is 4. The highest BCUT2D eigenvalue weighted by atomic mass is 16.7. The van der Waals surface area contributed by atoms with E-state index in [1.807, 2.05) is 0 Å². The Kier molecular flexibility index (Phi) is 6.91. The van der Waals surface area contributed by atoms with Gasteiger partial charge >= 0.3 is 5.97 Å². The van der Waals surface area contributed by atoms with Crippen molar-refractivity contribution < 1.29 is 19.4 Å². The van der Waals surface area contributed by atoms with Gasteiger partial charge in [-0.3, -0.25) is 4.79 Å². The van der Waals surface area contributed by atoms with E-state index >= 15 is 0 Å². The van der Waals surface area contributed by atoms with Crippen molar-refractivity contribution in [2.75, 3.05) is 13.1 Å². The van der Waals surface area contributed by atoms with Gasteiger partial charge in [-0.05, 0) is 38.1 Å². The molecule has 0 saturated carbocycles. The third kappa shape index (κ3) is 4.83. The van der Waals surface area contributed by atoms with E-state index < -0.39 is 5.97 Å². The van der Waals surface area contributed by atoms with Gasteiger partial charge < -0.3 is 19.9 Å². The monoisotopic (exact) mass is 351 g/mol. The van der Waals surface area contributed by atoms with Gasteiger partial charge in [-0.1, -0.05) is 38.3 Å². The van der Waals surface area contributed by atoms with Crippen molar-refractivity contribution in [1.82, 2.24) is 5.32 Å². The van der Waals surface area contributed by atoms with Gasteiger partial charge in [-0.25, -0.2) is 0 Å². The molecule has 25 heavy (non-hydrogen) atoms. The Morgan fingerprint density at radius 3 is 2.52 bits per heavy atom. The summed E-state index contributed by atoms with van der Waals surface area (Å²) in [6.45, 7) is 4.36. The molecule has 0 aromatic rings. The van der Waals surface area contributed by atoms with E-state index in [1.165, 1.54) is 25.7 Å². The smallest absolute Gasteiger partial charge is 0.303 e. The average molecular weight is 351 g/mol. The summed E-state index contributed by atoms with van der Waals surface area (Å²) in [7, 11) is 0. The lowest BCUT2D eigenvalue weighted by atomic mass is 9.77. The van der Waals surface area contributed by atoms with Gasteiger partial charge in [-0.15, -0.1) is 0 Å². The SMILES string of the molecule is CCCCCCNC[C@@H]1[C@H](C/C=C\CCCC(=O)O)[C@H]2O[C@@H]1[C@H]1O[C@H]12. The van der Waals surface area contributed by atoms with E-state index in [1.54, 1.807) is 0 Å². The number of carboxylic acids is 1. The summed E-state index contributed by atoms with van der Waals surface area (Å²) in [6, 6.07) is 0. The number of hydrogen-bond acceptors (Lipinski definition) is 4. The van der Waals surface area contributed by atoms with Gasteiger partial charge in [0.15, 0.2) is 0 Å². The van der Waals surface area contributed by atoms with E-state index in [2.05, 4.69) is 24.4 Å². The molecule has 3 fully saturated rings. The Labute approximate surface area is 151 Å². The van der Waals surface area contributed by atoms with Crippen LogP contribution in [0.3, 0.4) is 0 Å². The first-order valence-electron chi connectivity index (χ1n) is 10.1. The van der Waals surface area contributed by atoms with E-state index in [0.29, 0.717) is 24.0 Å². The number of allylic oxidation sites excluding steroid dienone is 2. The maximum absolute atomic E-state index is 10.5. The third-order valence-electron chi connectivity index (χ3n) is 5.84. The van der Waals surface area contributed by atoms with Crippen LogP contribution in [0.1, 0.15) is 58.3 Å². The lowest BCUT2D eigenvalue weighted by molar-refractivity contribution is -0.137. The Bertz CT molecular complexity index is 467. The number of rotatable bonds is 13. The van der Waals surface area contributed by atoms with Gasteiger partial charge in [0.2, 0.25) is 0 Å². The molecule has 6 atom stereocenters. The van der Waals surface area contributed by atoms with Crippen molar-refractivity contribution in [2.45, 2.75) is 82.7 Å². The number of hydrogen-bond donors (Lipinski definition) is 2. The first-order chi connectivity index (χ1) is 12.2. The van der Waals surface area contributed by atoms with Crippen molar-refractivity contribution in [1.29, 1.82) is 0 Å². The minimum atomic E-state index is -0.711. The predicted octanol–water partition coefficient (Wildman–Crippen LogP) is 3.14. The lowest BCUT2D eigenvalue weighted by Crippen LogP contribution is -2.39. The van der Waals surface area contributed by atoms with E-state index in [9.17, 15) is 4.79 Å². The van der Waals surface area contributed by atoms with Crippen LogP contribution in [-0.4, -0.2) is 48.6 Å². The van der Waals surface area contributed by atoms with Crippen LogP contribution in [0.4, 0.5) is 0 Å². The predicted molar refractivity (Wildman–Crippen MR) is 96.6 cm³/mol. The molecular formula is C20H33NO4. The molecule has 0 radical (unpaired) electrons. The summed E-state index contributed by atoms with van der Waals surface area (Å²) >= 11 is 0. The Hall–Kier alpha value is -0.910. The molecule has 3 aliphatic rings. The van der Waals surface area contributed by atoms with Crippen molar-refractivity contribution in [2.24, 2.45) is 11.8 Å². The summed E-state index contributed by atoms with van der Waals surface area (Å²) < 4.78 is 12.0. The molecule has 0 unspecified atom stereocenters. The van der Waals surface area contributed by atoms with Crippen molar-refractivity contribution in [3.63, 3.8) is 0 Å². The zero-order valence-corrected chi connectivity index (χ0v) is 15.4. The van der Waals surface area contributed by atoms with Crippen LogP contribution in [0.2, 0.25) is 0 Å². The number of epoxide rings is 1. The highest BCUT2D eigenvalue weighted by Crippen LogP contribution is 2.54. The van der Waals surface area contributed by atoms with E-state index in [0.717, 1.165) is 32.4 Å². The molecule has 0 aliphatic carbocycles. The molecule has 3 heterocycles. The van der Waals surface area contributed by atoms with Crippen LogP contribution in [0.15, 0.2) is 12.2 Å². The zero-order chi connectivity index (χ0) is 17.6. The Morgan fingerprint density at radius 2 is 1.76 bits per heavy atom. The first kappa shape index (κ1) is 18.9. The average Bonchev–Trinajstić information content (AvgIpc) is 3.22. The highest BCUT2D eigenvalue weighted by molar-refractivity contribution is 5.66. The number of carboxylic acid groups (broad SMARTS) is 1. The Balaban J connectivity index is 1.39. The number of ether oxygens (including phenoxy) is 2. The molecule has 2 bridgehead atoms. The fraction of sp³-hybridized carbons (Fsp3) is 0.850. The largest absolute Gasteiger partial charge is 0.481 e. The second kappa shape index (κ2) is 9.15. The first-order valence-corrected chi connectivity index (χ1v) is 10.1. The standard InChI is InChI=1S/C20H33NO4/c1-2-3-4-9-12-21-13-15-14(10-7-5-6-8-11-16(22)23)17-19-20(25-19)18(15)24-17/h5,7,14-15,17-21H,2-4,6,8-13H2,1H3,(H,22,23)/b7-5-/t14-,15+,17+,18-,19-,20+/m0/s1. The van der Waals surface area contributed by atoms with Crippen molar-refractivity contribution >= 4 is 5.97 Å². The van der Waals surface area contributed by atoms with Crippen LogP contribution in [0, 0.1) is 11.8 Å². The highest BCUT2D eigenvalue weighted by Gasteiger charge is 2.68. The summed E-state index contributed by atoms with van der Waals surface area (Å²) in [5.41, 5.74) is 0. The number of fused-ring (bicyclic) bond motifs is 5. The molecular weight excluding hydrogens is 318 g/mol. The van der Waals surface area contributed by atoms with Crippen LogP contribution >= 0.6 is 0 Å². The van der Waals surface area contributed by atoms with Gasteiger partial charge in [0.1, 0.15) is 12.2 Å². The number of nitrogens with one attached hydrogen (secondary N) is 1. The second-order valence-corrected chi connectivity index (χ2v) is 7.72. The van der Waals surface area contributed by atoms with Crippen LogP contribution in [0.25, 0.3) is 0 Å². The number of carbonyl (C=O) groups is 1. The molecule has 2 N–H and O–H groups in total.